The summed E-state index contributed by atoms with van der Waals surface area (Å²) in [7, 11) is 0. The number of carbonyl (C=O) groups excluding carboxylic acids is 4. The Morgan fingerprint density at radius 1 is 1.19 bits per heavy atom. The zero-order chi connectivity index (χ0) is 23.3. The van der Waals surface area contributed by atoms with Gasteiger partial charge >= 0.3 is 5.97 Å². The zero-order valence-electron chi connectivity index (χ0n) is 16.4. The summed E-state index contributed by atoms with van der Waals surface area (Å²) in [5, 5.41) is 14.9. The highest BCUT2D eigenvalue weighted by atomic mass is 35.5. The second-order valence-corrected chi connectivity index (χ2v) is 7.22. The minimum absolute atomic E-state index is 0.194. The molecule has 32 heavy (non-hydrogen) atoms. The van der Waals surface area contributed by atoms with Crippen molar-refractivity contribution in [1.29, 1.82) is 0 Å². The molecule has 3 amide bonds. The maximum absolute atomic E-state index is 12.4. The quantitative estimate of drug-likeness (QED) is 0.364. The molecule has 1 heterocycles. The maximum Gasteiger partial charge on any atom is 0.311 e. The number of hydrazine groups is 1. The summed E-state index contributed by atoms with van der Waals surface area (Å²) in [6.07, 6.45) is -0.244. The third kappa shape index (κ3) is 5.58. The van der Waals surface area contributed by atoms with E-state index in [9.17, 15) is 29.3 Å². The molecule has 0 aromatic heterocycles. The minimum atomic E-state index is -0.910. The Balaban J connectivity index is 1.52. The molecule has 11 nitrogen and oxygen atoms in total. The Hall–Kier alpha value is -3.99. The Bertz CT molecular complexity index is 1090. The maximum atomic E-state index is 12.4. The van der Waals surface area contributed by atoms with Crippen molar-refractivity contribution in [1.82, 2.24) is 10.4 Å². The van der Waals surface area contributed by atoms with Gasteiger partial charge in [0.1, 0.15) is 5.56 Å². The first-order chi connectivity index (χ1) is 15.2. The van der Waals surface area contributed by atoms with Gasteiger partial charge in [0.2, 0.25) is 5.91 Å². The first-order valence-corrected chi connectivity index (χ1v) is 9.69. The van der Waals surface area contributed by atoms with Crippen molar-refractivity contribution in [3.8, 4) is 0 Å². The van der Waals surface area contributed by atoms with Crippen LogP contribution in [0, 0.1) is 16.0 Å². The number of carbonyl (C=O) groups is 4. The first kappa shape index (κ1) is 22.7. The predicted molar refractivity (Wildman–Crippen MR) is 111 cm³/mol. The monoisotopic (exact) mass is 460 g/mol. The fraction of sp³-hybridized carbons (Fsp3) is 0.200. The molecule has 0 radical (unpaired) electrons. The van der Waals surface area contributed by atoms with E-state index in [1.54, 1.807) is 18.2 Å². The molecule has 166 valence electrons. The summed E-state index contributed by atoms with van der Waals surface area (Å²) < 4.78 is 4.96. The molecule has 1 aliphatic heterocycles. The van der Waals surface area contributed by atoms with E-state index in [4.69, 9.17) is 16.3 Å². The Labute approximate surface area is 186 Å². The summed E-state index contributed by atoms with van der Waals surface area (Å²) in [6.45, 7) is -0.765. The van der Waals surface area contributed by atoms with E-state index in [2.05, 4.69) is 10.7 Å². The van der Waals surface area contributed by atoms with Crippen LogP contribution in [0.4, 0.5) is 11.4 Å². The Morgan fingerprint density at radius 2 is 1.94 bits per heavy atom. The van der Waals surface area contributed by atoms with Gasteiger partial charge in [-0.25, -0.2) is 0 Å². The van der Waals surface area contributed by atoms with Gasteiger partial charge in [-0.15, -0.1) is 0 Å². The lowest BCUT2D eigenvalue weighted by atomic mass is 10.1. The van der Waals surface area contributed by atoms with Crippen molar-refractivity contribution >= 4 is 46.7 Å². The highest BCUT2D eigenvalue weighted by Crippen LogP contribution is 2.21. The molecule has 3 rings (SSSR count). The topological polar surface area (TPSA) is 148 Å². The number of anilines is 1. The summed E-state index contributed by atoms with van der Waals surface area (Å²) in [6, 6.07) is 11.7. The number of hydrogen-bond acceptors (Lipinski definition) is 7. The number of nitro groups is 1. The van der Waals surface area contributed by atoms with Crippen LogP contribution >= 0.6 is 11.6 Å². The van der Waals surface area contributed by atoms with Crippen molar-refractivity contribution in [3.05, 3.63) is 69.2 Å². The van der Waals surface area contributed by atoms with Crippen LogP contribution in [-0.2, 0) is 19.1 Å². The highest BCUT2D eigenvalue weighted by molar-refractivity contribution is 6.30. The van der Waals surface area contributed by atoms with E-state index in [-0.39, 0.29) is 18.5 Å². The number of nitrogens with one attached hydrogen (secondary N) is 2. The number of nitrogens with zero attached hydrogens (tertiary/aromatic N) is 2. The van der Waals surface area contributed by atoms with Crippen molar-refractivity contribution in [2.24, 2.45) is 5.92 Å². The van der Waals surface area contributed by atoms with E-state index >= 15 is 0 Å². The molecule has 0 bridgehead atoms. The van der Waals surface area contributed by atoms with Crippen molar-refractivity contribution in [2.75, 3.05) is 18.5 Å². The van der Waals surface area contributed by atoms with Crippen LogP contribution < -0.4 is 10.7 Å². The molecule has 1 atom stereocenters. The van der Waals surface area contributed by atoms with Crippen LogP contribution in [-0.4, -0.2) is 46.8 Å². The van der Waals surface area contributed by atoms with Crippen molar-refractivity contribution < 1.29 is 28.8 Å². The van der Waals surface area contributed by atoms with Crippen LogP contribution in [0.15, 0.2) is 48.5 Å². The average Bonchev–Trinajstić information content (AvgIpc) is 3.12. The summed E-state index contributed by atoms with van der Waals surface area (Å²) in [5.74, 6) is -3.72. The molecule has 0 saturated carbocycles. The number of halogens is 1. The van der Waals surface area contributed by atoms with Crippen molar-refractivity contribution in [2.45, 2.75) is 6.42 Å². The van der Waals surface area contributed by atoms with Gasteiger partial charge in [0.15, 0.2) is 6.61 Å². The van der Waals surface area contributed by atoms with E-state index in [0.717, 1.165) is 11.1 Å². The number of amides is 3. The van der Waals surface area contributed by atoms with E-state index in [0.29, 0.717) is 10.7 Å². The molecule has 0 aliphatic carbocycles. The number of ether oxygens (including phenoxy) is 1. The summed E-state index contributed by atoms with van der Waals surface area (Å²) in [4.78, 5) is 59.1. The number of nitro benzene ring substituents is 1. The molecule has 1 aliphatic rings. The fourth-order valence-electron chi connectivity index (χ4n) is 3.00. The third-order valence-electron chi connectivity index (χ3n) is 4.49. The van der Waals surface area contributed by atoms with Crippen LogP contribution in [0.1, 0.15) is 16.8 Å². The van der Waals surface area contributed by atoms with E-state index in [1.165, 1.54) is 24.3 Å². The minimum Gasteiger partial charge on any atom is -0.455 e. The standard InChI is InChI=1S/C20H17ClN4O7/c21-13-4-3-5-14(9-13)22-17(26)11-32-20(29)12-8-18(27)24(10-12)23-19(28)15-6-1-2-7-16(15)25(30)31/h1-7,9,12H,8,10-11H2,(H,22,26)(H,23,28)/t12-/m0/s1. The van der Waals surface area contributed by atoms with Gasteiger partial charge in [0.05, 0.1) is 17.4 Å². The Morgan fingerprint density at radius 3 is 2.66 bits per heavy atom. The van der Waals surface area contributed by atoms with Gasteiger partial charge in [0.25, 0.3) is 17.5 Å². The van der Waals surface area contributed by atoms with Gasteiger partial charge < -0.3 is 10.1 Å². The third-order valence-corrected chi connectivity index (χ3v) is 4.73. The molecule has 2 aromatic carbocycles. The SMILES string of the molecule is O=C(COC(=O)[C@H]1CC(=O)N(NC(=O)c2ccccc2[N+](=O)[O-])C1)Nc1cccc(Cl)c1. The second kappa shape index (κ2) is 9.88. The smallest absolute Gasteiger partial charge is 0.311 e. The molecular weight excluding hydrogens is 444 g/mol. The van der Waals surface area contributed by atoms with Gasteiger partial charge in [0, 0.05) is 23.2 Å². The average molecular weight is 461 g/mol. The molecule has 12 heteroatoms. The predicted octanol–water partition coefficient (Wildman–Crippen LogP) is 1.92. The molecule has 1 fully saturated rings. The molecule has 0 unspecified atom stereocenters. The van der Waals surface area contributed by atoms with Crippen LogP contribution in [0.25, 0.3) is 0 Å². The van der Waals surface area contributed by atoms with Gasteiger partial charge in [-0.3, -0.25) is 39.7 Å². The lowest BCUT2D eigenvalue weighted by Crippen LogP contribution is -2.43. The van der Waals surface area contributed by atoms with Gasteiger partial charge in [-0.1, -0.05) is 29.8 Å². The van der Waals surface area contributed by atoms with Gasteiger partial charge in [-0.2, -0.15) is 0 Å². The molecule has 1 saturated heterocycles. The number of hydrogen-bond donors (Lipinski definition) is 2. The fourth-order valence-corrected chi connectivity index (χ4v) is 3.19. The number of benzene rings is 2. The molecule has 0 spiro atoms. The number of rotatable bonds is 7. The molecule has 2 N–H and O–H groups in total. The second-order valence-electron chi connectivity index (χ2n) is 6.79. The van der Waals surface area contributed by atoms with Crippen LogP contribution in [0.2, 0.25) is 5.02 Å². The summed E-state index contributed by atoms with van der Waals surface area (Å²) in [5.41, 5.74) is 2.05. The van der Waals surface area contributed by atoms with Crippen LogP contribution in [0.5, 0.6) is 0 Å². The van der Waals surface area contributed by atoms with E-state index in [1.807, 2.05) is 0 Å². The highest BCUT2D eigenvalue weighted by Gasteiger charge is 2.37. The van der Waals surface area contributed by atoms with Crippen LogP contribution in [0.3, 0.4) is 0 Å². The van der Waals surface area contributed by atoms with Crippen molar-refractivity contribution in [3.63, 3.8) is 0 Å². The largest absolute Gasteiger partial charge is 0.455 e. The lowest BCUT2D eigenvalue weighted by molar-refractivity contribution is -0.385. The zero-order valence-corrected chi connectivity index (χ0v) is 17.2. The number of para-hydroxylation sites is 1. The van der Waals surface area contributed by atoms with E-state index < -0.39 is 46.8 Å². The molecule has 2 aromatic rings. The van der Waals surface area contributed by atoms with Gasteiger partial charge in [-0.05, 0) is 24.3 Å². The Kier molecular flexibility index (Phi) is 7.00. The lowest BCUT2D eigenvalue weighted by Gasteiger charge is -2.17. The normalized spacial score (nSPS) is 15.2. The number of esters is 1. The summed E-state index contributed by atoms with van der Waals surface area (Å²) >= 11 is 5.83. The first-order valence-electron chi connectivity index (χ1n) is 9.31. The molecular formula is C20H17ClN4O7.